The smallest absolute Gasteiger partial charge is 0.307 e. The minimum absolute atomic E-state index is 0.0323. The number of fused-ring (bicyclic) bond motifs is 1. The number of hydrogen-bond acceptors (Lipinski definition) is 9. The summed E-state index contributed by atoms with van der Waals surface area (Å²) < 4.78 is 46.9. The number of benzene rings is 2. The molecule has 2 amide bonds. The van der Waals surface area contributed by atoms with E-state index >= 15 is 0 Å². The standard InChI is InChI=1S/C20H22BrN3O7S2/c1-22-32-20(26)24-33(27,28)18-7-11-6-13(10-31-16(11)9-17(18)30-3)23-19(25)14-8-12(21)4-5-15(14)29-2/h4-5,7-9,13,22H,6,10H2,1-3H3,(H,23,25)(H,24,26). The largest absolute Gasteiger partial charge is 0.496 e. The fourth-order valence-corrected chi connectivity index (χ4v) is 5.33. The van der Waals surface area contributed by atoms with Crippen molar-refractivity contribution in [1.29, 1.82) is 0 Å². The van der Waals surface area contributed by atoms with Crippen LogP contribution in [0, 0.1) is 0 Å². The lowest BCUT2D eigenvalue weighted by Gasteiger charge is -2.27. The molecular formula is C20H22BrN3O7S2. The van der Waals surface area contributed by atoms with Gasteiger partial charge in [0.2, 0.25) is 0 Å². The number of nitrogens with one attached hydrogen (secondary N) is 3. The Morgan fingerprint density at radius 2 is 1.88 bits per heavy atom. The van der Waals surface area contributed by atoms with Crippen molar-refractivity contribution in [3.8, 4) is 17.2 Å². The average molecular weight is 560 g/mol. The van der Waals surface area contributed by atoms with E-state index in [9.17, 15) is 18.0 Å². The lowest BCUT2D eigenvalue weighted by Crippen LogP contribution is -2.43. The molecule has 0 aromatic heterocycles. The predicted octanol–water partition coefficient (Wildman–Crippen LogP) is 2.47. The van der Waals surface area contributed by atoms with Crippen LogP contribution in [0.1, 0.15) is 15.9 Å². The highest BCUT2D eigenvalue weighted by atomic mass is 79.9. The molecular weight excluding hydrogens is 538 g/mol. The summed E-state index contributed by atoms with van der Waals surface area (Å²) >= 11 is 3.94. The van der Waals surface area contributed by atoms with E-state index in [0.717, 1.165) is 4.47 Å². The number of carbonyl (C=O) groups excluding carboxylic acids is 2. The first-order valence-electron chi connectivity index (χ1n) is 9.57. The van der Waals surface area contributed by atoms with Crippen molar-refractivity contribution < 1.29 is 32.2 Å². The van der Waals surface area contributed by atoms with Crippen LogP contribution in [-0.4, -0.2) is 53.5 Å². The number of sulfonamides is 1. The van der Waals surface area contributed by atoms with Crippen LogP contribution in [0.25, 0.3) is 0 Å². The van der Waals surface area contributed by atoms with Gasteiger partial charge in [-0.3, -0.25) is 14.3 Å². The molecule has 0 aliphatic carbocycles. The van der Waals surface area contributed by atoms with Crippen molar-refractivity contribution in [3.05, 3.63) is 45.9 Å². The summed E-state index contributed by atoms with van der Waals surface area (Å²) in [6.07, 6.45) is 0.309. The quantitative estimate of drug-likeness (QED) is 0.437. The highest BCUT2D eigenvalue weighted by Crippen LogP contribution is 2.35. The Balaban J connectivity index is 1.84. The maximum absolute atomic E-state index is 12.8. The molecule has 10 nitrogen and oxygen atoms in total. The summed E-state index contributed by atoms with van der Waals surface area (Å²) in [5.41, 5.74) is 0.892. The van der Waals surface area contributed by atoms with Crippen LogP contribution in [0.5, 0.6) is 17.2 Å². The first-order valence-corrected chi connectivity index (χ1v) is 12.7. The highest BCUT2D eigenvalue weighted by molar-refractivity contribution is 9.10. The molecule has 0 fully saturated rings. The Morgan fingerprint density at radius 1 is 1.15 bits per heavy atom. The van der Waals surface area contributed by atoms with Crippen molar-refractivity contribution in [2.24, 2.45) is 0 Å². The fourth-order valence-electron chi connectivity index (χ4n) is 3.25. The van der Waals surface area contributed by atoms with Gasteiger partial charge in [0.25, 0.3) is 15.9 Å². The number of ether oxygens (including phenoxy) is 3. The van der Waals surface area contributed by atoms with Gasteiger partial charge in [-0.1, -0.05) is 15.9 Å². The van der Waals surface area contributed by atoms with Crippen molar-refractivity contribution in [1.82, 2.24) is 14.8 Å². The zero-order valence-corrected chi connectivity index (χ0v) is 21.1. The van der Waals surface area contributed by atoms with Crippen LogP contribution in [0.4, 0.5) is 4.79 Å². The van der Waals surface area contributed by atoms with Crippen molar-refractivity contribution in [2.45, 2.75) is 17.4 Å². The number of halogens is 1. The Kier molecular flexibility index (Phi) is 8.10. The van der Waals surface area contributed by atoms with E-state index in [4.69, 9.17) is 14.2 Å². The predicted molar refractivity (Wildman–Crippen MR) is 127 cm³/mol. The Morgan fingerprint density at radius 3 is 2.55 bits per heavy atom. The molecule has 0 radical (unpaired) electrons. The Bertz CT molecular complexity index is 1170. The van der Waals surface area contributed by atoms with E-state index in [1.807, 2.05) is 4.72 Å². The van der Waals surface area contributed by atoms with Crippen molar-refractivity contribution >= 4 is 49.0 Å². The van der Waals surface area contributed by atoms with Crippen LogP contribution in [0.2, 0.25) is 0 Å². The molecule has 1 unspecified atom stereocenters. The van der Waals surface area contributed by atoms with E-state index in [2.05, 4.69) is 26.0 Å². The summed E-state index contributed by atoms with van der Waals surface area (Å²) in [7, 11) is 0.0836. The zero-order valence-electron chi connectivity index (χ0n) is 17.9. The van der Waals surface area contributed by atoms with Crippen molar-refractivity contribution in [2.75, 3.05) is 27.9 Å². The number of hydrogen-bond donors (Lipinski definition) is 3. The minimum Gasteiger partial charge on any atom is -0.496 e. The maximum atomic E-state index is 12.8. The molecule has 13 heteroatoms. The molecule has 0 spiro atoms. The maximum Gasteiger partial charge on any atom is 0.307 e. The SMILES string of the molecule is CNSC(=O)NS(=O)(=O)c1cc2c(cc1OC)OCC(NC(=O)c1cc(Br)ccc1OC)C2. The normalized spacial score (nSPS) is 15.1. The van der Waals surface area contributed by atoms with Crippen LogP contribution < -0.4 is 29.0 Å². The van der Waals surface area contributed by atoms with Gasteiger partial charge in [0.1, 0.15) is 28.8 Å². The third kappa shape index (κ3) is 5.91. The number of methoxy groups -OCH3 is 2. The van der Waals surface area contributed by atoms with Gasteiger partial charge >= 0.3 is 5.24 Å². The summed E-state index contributed by atoms with van der Waals surface area (Å²) in [4.78, 5) is 24.4. The lowest BCUT2D eigenvalue weighted by molar-refractivity contribution is 0.0912. The topological polar surface area (TPSA) is 132 Å². The Hall–Kier alpha value is -2.48. The molecule has 0 saturated carbocycles. The number of amides is 2. The molecule has 3 N–H and O–H groups in total. The zero-order chi connectivity index (χ0) is 24.2. The van der Waals surface area contributed by atoms with Gasteiger partial charge in [0.05, 0.1) is 25.8 Å². The Labute approximate surface area is 204 Å². The molecule has 1 atom stereocenters. The molecule has 0 saturated heterocycles. The summed E-state index contributed by atoms with van der Waals surface area (Å²) in [6, 6.07) is 7.50. The second kappa shape index (κ2) is 10.6. The lowest BCUT2D eigenvalue weighted by atomic mass is 10.0. The second-order valence-electron chi connectivity index (χ2n) is 6.84. The second-order valence-corrected chi connectivity index (χ2v) is 10.4. The molecule has 1 aliphatic rings. The van der Waals surface area contributed by atoms with Crippen LogP contribution in [0.15, 0.2) is 39.7 Å². The molecule has 1 heterocycles. The first kappa shape index (κ1) is 25.1. The van der Waals surface area contributed by atoms with E-state index in [-0.39, 0.29) is 23.2 Å². The molecule has 33 heavy (non-hydrogen) atoms. The number of carbonyl (C=O) groups is 2. The van der Waals surface area contributed by atoms with Gasteiger partial charge in [0, 0.05) is 22.5 Å². The summed E-state index contributed by atoms with van der Waals surface area (Å²) in [6.45, 7) is 0.180. The molecule has 0 bridgehead atoms. The highest BCUT2D eigenvalue weighted by Gasteiger charge is 2.29. The molecule has 3 rings (SSSR count). The van der Waals surface area contributed by atoms with E-state index in [1.54, 1.807) is 18.2 Å². The monoisotopic (exact) mass is 559 g/mol. The molecule has 2 aromatic rings. The van der Waals surface area contributed by atoms with E-state index in [0.29, 0.717) is 41.0 Å². The third-order valence-corrected chi connectivity index (χ3v) is 7.16. The number of rotatable bonds is 7. The van der Waals surface area contributed by atoms with Crippen LogP contribution in [-0.2, 0) is 16.4 Å². The van der Waals surface area contributed by atoms with Gasteiger partial charge in [-0.2, -0.15) is 0 Å². The van der Waals surface area contributed by atoms with Gasteiger partial charge < -0.3 is 19.5 Å². The molecule has 1 aliphatic heterocycles. The van der Waals surface area contributed by atoms with E-state index in [1.165, 1.54) is 33.4 Å². The summed E-state index contributed by atoms with van der Waals surface area (Å²) in [5.74, 6) is 0.529. The van der Waals surface area contributed by atoms with Gasteiger partial charge in [-0.15, -0.1) is 0 Å². The molecule has 178 valence electrons. The average Bonchev–Trinajstić information content (AvgIpc) is 2.77. The molecule has 2 aromatic carbocycles. The van der Waals surface area contributed by atoms with E-state index < -0.39 is 21.3 Å². The summed E-state index contributed by atoms with van der Waals surface area (Å²) in [5, 5.41) is 2.10. The third-order valence-electron chi connectivity index (χ3n) is 4.70. The fraction of sp³-hybridized carbons (Fsp3) is 0.300. The van der Waals surface area contributed by atoms with Gasteiger partial charge in [0.15, 0.2) is 0 Å². The van der Waals surface area contributed by atoms with Gasteiger partial charge in [-0.05, 0) is 43.3 Å². The van der Waals surface area contributed by atoms with Gasteiger partial charge in [-0.25, -0.2) is 13.1 Å². The van der Waals surface area contributed by atoms with Crippen molar-refractivity contribution in [3.63, 3.8) is 0 Å². The van der Waals surface area contributed by atoms with Crippen LogP contribution >= 0.6 is 27.9 Å². The first-order chi connectivity index (χ1) is 15.7. The van der Waals surface area contributed by atoms with Crippen LogP contribution in [0.3, 0.4) is 0 Å². The minimum atomic E-state index is -4.21.